The lowest BCUT2D eigenvalue weighted by molar-refractivity contribution is -0.142. The van der Waals surface area contributed by atoms with Crippen molar-refractivity contribution in [2.75, 3.05) is 13.7 Å². The van der Waals surface area contributed by atoms with Crippen LogP contribution in [0.5, 0.6) is 11.5 Å². The van der Waals surface area contributed by atoms with Crippen LogP contribution in [-0.4, -0.2) is 71.4 Å². The molecule has 4 aliphatic rings. The summed E-state index contributed by atoms with van der Waals surface area (Å²) in [7, 11) is -2.37. The Balaban J connectivity index is 1.17. The highest BCUT2D eigenvalue weighted by Gasteiger charge is 2.69. The summed E-state index contributed by atoms with van der Waals surface area (Å²) >= 11 is 1.50. The fraction of sp³-hybridized carbons (Fsp3) is 0.531. The van der Waals surface area contributed by atoms with Gasteiger partial charge in [0.2, 0.25) is 21.8 Å². The molecule has 2 aromatic heterocycles. The van der Waals surface area contributed by atoms with Crippen LogP contribution in [0.2, 0.25) is 0 Å². The van der Waals surface area contributed by atoms with Crippen molar-refractivity contribution in [1.29, 1.82) is 0 Å². The average Bonchev–Trinajstić information content (AvgIpc) is 3.91. The number of benzene rings is 2. The summed E-state index contributed by atoms with van der Waals surface area (Å²) in [6.07, 6.45) is 8.57. The van der Waals surface area contributed by atoms with E-state index in [0.29, 0.717) is 60.4 Å². The Morgan fingerprint density at radius 1 is 1.05 bits per heavy atom. The highest BCUT2D eigenvalue weighted by Crippen LogP contribution is 2.67. The van der Waals surface area contributed by atoms with E-state index in [4.69, 9.17) is 19.4 Å². The second kappa shape index (κ2) is 17.0. The van der Waals surface area contributed by atoms with Crippen LogP contribution in [0.1, 0.15) is 120 Å². The van der Waals surface area contributed by atoms with Gasteiger partial charge >= 0.3 is 0 Å². The number of hydrogen-bond donors (Lipinski definition) is 1. The number of ketones is 1. The van der Waals surface area contributed by atoms with Crippen molar-refractivity contribution in [2.45, 2.75) is 135 Å². The van der Waals surface area contributed by atoms with Gasteiger partial charge < -0.3 is 14.4 Å². The molecule has 2 aromatic carbocycles. The fourth-order valence-electron chi connectivity index (χ4n) is 9.71. The number of carbonyl (C=O) groups excluding carboxylic acids is 3. The Morgan fingerprint density at radius 2 is 1.83 bits per heavy atom. The Hall–Kier alpha value is -4.69. The molecule has 5 atom stereocenters. The number of hydrogen-bond acceptors (Lipinski definition) is 10. The van der Waals surface area contributed by atoms with Gasteiger partial charge in [0.1, 0.15) is 34.1 Å². The lowest BCUT2D eigenvalue weighted by atomic mass is 9.85. The van der Waals surface area contributed by atoms with E-state index in [2.05, 4.69) is 18.6 Å². The third-order valence-corrected chi connectivity index (χ3v) is 17.2. The molecule has 2 aliphatic carbocycles. The molecular formula is C49H59FN4O7S2. The van der Waals surface area contributed by atoms with Crippen LogP contribution in [0.3, 0.4) is 0 Å². The largest absolute Gasteiger partial charge is 0.496 e. The Morgan fingerprint density at radius 3 is 2.52 bits per heavy atom. The SMILES string of the molecule is COc1ccc2c(O[C@@H]3C[C@H]4C(=O)C[C@]5(C(=O)NS(=O)(=O)C6(C)CC6)C[C@]5(C)/C=C\CCCCC[C@H](Cc5cc(C)cc(F)c5)C(=O)N4C3)cc(-c3nc(C(C)C)cs3)nc2c1C. The zero-order chi connectivity index (χ0) is 45.1. The topological polar surface area (TPSA) is 145 Å². The van der Waals surface area contributed by atoms with E-state index in [-0.39, 0.29) is 42.8 Å². The summed E-state index contributed by atoms with van der Waals surface area (Å²) in [5, 5.41) is 3.50. The molecule has 0 unspecified atom stereocenters. The van der Waals surface area contributed by atoms with E-state index in [9.17, 15) is 17.6 Å². The van der Waals surface area contributed by atoms with Gasteiger partial charge in [0.05, 0.1) is 41.1 Å². The number of carbonyl (C=O) groups is 3. The van der Waals surface area contributed by atoms with Gasteiger partial charge in [-0.2, -0.15) is 0 Å². The molecule has 4 heterocycles. The van der Waals surface area contributed by atoms with Gasteiger partial charge in [0.25, 0.3) is 0 Å². The highest BCUT2D eigenvalue weighted by molar-refractivity contribution is 7.91. The monoisotopic (exact) mass is 898 g/mol. The molecule has 8 rings (SSSR count). The van der Waals surface area contributed by atoms with Crippen LogP contribution in [0.25, 0.3) is 21.6 Å². The number of aromatic nitrogens is 2. The summed E-state index contributed by atoms with van der Waals surface area (Å²) in [6, 6.07) is 9.51. The third-order valence-electron chi connectivity index (χ3n) is 14.1. The number of pyridine rings is 1. The minimum absolute atomic E-state index is 0.0973. The normalized spacial score (nSPS) is 26.7. The van der Waals surface area contributed by atoms with Crippen LogP contribution < -0.4 is 14.2 Å². The lowest BCUT2D eigenvalue weighted by Gasteiger charge is -2.30. The molecule has 2 aliphatic heterocycles. The van der Waals surface area contributed by atoms with Crippen LogP contribution >= 0.6 is 11.3 Å². The Kier molecular flexibility index (Phi) is 12.1. The number of thiazole rings is 1. The molecule has 14 heteroatoms. The Bertz CT molecular complexity index is 2580. The van der Waals surface area contributed by atoms with E-state index in [0.717, 1.165) is 52.9 Å². The molecule has 63 heavy (non-hydrogen) atoms. The first kappa shape index (κ1) is 44.9. The van der Waals surface area contributed by atoms with Crippen molar-refractivity contribution in [1.82, 2.24) is 19.6 Å². The summed E-state index contributed by atoms with van der Waals surface area (Å²) in [4.78, 5) is 56.0. The first-order valence-corrected chi connectivity index (χ1v) is 24.7. The molecule has 4 aromatic rings. The van der Waals surface area contributed by atoms with Crippen LogP contribution in [0.15, 0.2) is 53.9 Å². The van der Waals surface area contributed by atoms with Gasteiger partial charge in [0.15, 0.2) is 5.78 Å². The number of fused-ring (bicyclic) bond motifs is 3. The molecule has 1 N–H and O–H groups in total. The van der Waals surface area contributed by atoms with E-state index in [1.165, 1.54) is 23.5 Å². The minimum atomic E-state index is -3.98. The van der Waals surface area contributed by atoms with Crippen molar-refractivity contribution in [3.8, 4) is 22.2 Å². The maximum absolute atomic E-state index is 15.1. The maximum atomic E-state index is 15.1. The zero-order valence-electron chi connectivity index (χ0n) is 37.4. The van der Waals surface area contributed by atoms with Crippen molar-refractivity contribution in [3.05, 3.63) is 82.1 Å². The van der Waals surface area contributed by atoms with E-state index >= 15 is 9.59 Å². The van der Waals surface area contributed by atoms with E-state index < -0.39 is 49.6 Å². The zero-order valence-corrected chi connectivity index (χ0v) is 39.0. The van der Waals surface area contributed by atoms with Crippen molar-refractivity contribution in [2.24, 2.45) is 16.7 Å². The summed E-state index contributed by atoms with van der Waals surface area (Å²) < 4.78 is 55.6. The first-order chi connectivity index (χ1) is 29.9. The van der Waals surface area contributed by atoms with Crippen molar-refractivity contribution < 1.29 is 36.7 Å². The van der Waals surface area contributed by atoms with Gasteiger partial charge in [-0.25, -0.2) is 22.8 Å². The first-order valence-electron chi connectivity index (χ1n) is 22.3. The predicted molar refractivity (Wildman–Crippen MR) is 243 cm³/mol. The molecule has 11 nitrogen and oxygen atoms in total. The smallest absolute Gasteiger partial charge is 0.241 e. The van der Waals surface area contributed by atoms with Gasteiger partial charge in [-0.15, -0.1) is 11.3 Å². The molecule has 2 amide bonds. The molecule has 2 saturated carbocycles. The van der Waals surface area contributed by atoms with Crippen LogP contribution in [0, 0.1) is 36.4 Å². The summed E-state index contributed by atoms with van der Waals surface area (Å²) in [6.45, 7) is 11.6. The minimum Gasteiger partial charge on any atom is -0.496 e. The van der Waals surface area contributed by atoms with E-state index in [1.807, 2.05) is 62.6 Å². The number of nitrogens with zero attached hydrogens (tertiary/aromatic N) is 3. The number of halogens is 1. The lowest BCUT2D eigenvalue weighted by Crippen LogP contribution is -2.47. The second-order valence-corrected chi connectivity index (χ2v) is 22.3. The number of nitrogens with one attached hydrogen (secondary N) is 1. The number of methoxy groups -OCH3 is 1. The standard InChI is InChI=1S/C49H59FN4O7S2/c1-29(2)38-27-62-44(52-38)37-24-42(36-14-15-41(60-7)31(4)43(36)51-37)61-35-23-39-40(55)25-49(46(57)53-63(58,59)48(6)17-18-48)28-47(49,5)16-12-10-8-9-11-13-33(45(56)54(39)26-35)21-32-19-30(3)20-34(50)22-32/h12,14-16,19-20,22,24,27,29,33,35,39H,8-11,13,17-18,21,23,25-26,28H2,1-7H3,(H,53,57)/b16-12-/t33-,35-,39+,47+,49-/m1/s1. The van der Waals surface area contributed by atoms with Gasteiger partial charge in [0, 0.05) is 46.6 Å². The predicted octanol–water partition coefficient (Wildman–Crippen LogP) is 9.33. The number of rotatable bonds is 10. The van der Waals surface area contributed by atoms with Gasteiger partial charge in [-0.05, 0) is 107 Å². The van der Waals surface area contributed by atoms with Crippen molar-refractivity contribution in [3.63, 3.8) is 0 Å². The summed E-state index contributed by atoms with van der Waals surface area (Å²) in [5.41, 5.74) is 2.47. The average molecular weight is 899 g/mol. The summed E-state index contributed by atoms with van der Waals surface area (Å²) in [5.74, 6) is -0.713. The molecule has 0 radical (unpaired) electrons. The maximum Gasteiger partial charge on any atom is 0.241 e. The molecule has 3 fully saturated rings. The van der Waals surface area contributed by atoms with Crippen LogP contribution in [-0.2, 0) is 30.8 Å². The van der Waals surface area contributed by atoms with Gasteiger partial charge in [-0.3, -0.25) is 19.1 Å². The molecule has 1 saturated heterocycles. The van der Waals surface area contributed by atoms with Gasteiger partial charge in [-0.1, -0.05) is 51.8 Å². The third kappa shape index (κ3) is 8.78. The molecule has 336 valence electrons. The number of aryl methyl sites for hydroxylation is 2. The molecule has 0 spiro atoms. The number of allylic oxidation sites excluding steroid dienone is 2. The molecule has 0 bridgehead atoms. The molecular weight excluding hydrogens is 840 g/mol. The quantitative estimate of drug-likeness (QED) is 0.154. The highest BCUT2D eigenvalue weighted by atomic mass is 32.2. The number of Topliss-reactive ketones (excluding diaryl/α,β-unsaturated/α-hetero) is 1. The Labute approximate surface area is 374 Å². The number of sulfonamides is 1. The number of ether oxygens (including phenoxy) is 2. The fourth-order valence-corrected chi connectivity index (χ4v) is 12.0. The number of amides is 2. The van der Waals surface area contributed by atoms with Crippen molar-refractivity contribution >= 4 is 49.9 Å². The van der Waals surface area contributed by atoms with E-state index in [1.54, 1.807) is 18.9 Å². The van der Waals surface area contributed by atoms with Crippen LogP contribution in [0.4, 0.5) is 4.39 Å². The second-order valence-electron chi connectivity index (χ2n) is 19.3.